The molecule has 7 nitrogen and oxygen atoms in total. The Balaban J connectivity index is 1.68. The predicted molar refractivity (Wildman–Crippen MR) is 139 cm³/mol. The molecule has 0 fully saturated rings. The van der Waals surface area contributed by atoms with Crippen LogP contribution in [0, 0.1) is 11.3 Å². The molecule has 0 saturated carbocycles. The Labute approximate surface area is 210 Å². The highest BCUT2D eigenvalue weighted by Gasteiger charge is 2.14. The second kappa shape index (κ2) is 13.2. The second-order valence-corrected chi connectivity index (χ2v) is 8.57. The predicted octanol–water partition coefficient (Wildman–Crippen LogP) is 6.33. The number of aromatic nitrogens is 1. The van der Waals surface area contributed by atoms with E-state index < -0.39 is 5.91 Å². The third kappa shape index (κ3) is 7.33. The molecule has 0 saturated heterocycles. The molecule has 182 valence electrons. The van der Waals surface area contributed by atoms with Crippen LogP contribution in [0.15, 0.2) is 53.4 Å². The number of anilines is 1. The van der Waals surface area contributed by atoms with Crippen LogP contribution in [0.25, 0.3) is 17.3 Å². The van der Waals surface area contributed by atoms with E-state index in [1.165, 1.54) is 30.3 Å². The molecule has 0 bridgehead atoms. The van der Waals surface area contributed by atoms with Gasteiger partial charge in [-0.1, -0.05) is 44.4 Å². The summed E-state index contributed by atoms with van der Waals surface area (Å²) in [6.07, 6.45) is 5.98. The first-order valence-electron chi connectivity index (χ1n) is 11.4. The average molecular weight is 492 g/mol. The summed E-state index contributed by atoms with van der Waals surface area (Å²) in [6, 6.07) is 14.8. The zero-order valence-corrected chi connectivity index (χ0v) is 21.0. The monoisotopic (exact) mass is 491 g/mol. The van der Waals surface area contributed by atoms with Gasteiger partial charge in [-0.25, -0.2) is 4.98 Å². The highest BCUT2D eigenvalue weighted by molar-refractivity contribution is 7.14. The van der Waals surface area contributed by atoms with Gasteiger partial charge in [-0.3, -0.25) is 10.1 Å². The van der Waals surface area contributed by atoms with Gasteiger partial charge in [-0.05, 0) is 42.3 Å². The maximum absolute atomic E-state index is 12.7. The summed E-state index contributed by atoms with van der Waals surface area (Å²) in [5.74, 6) is 1.38. The molecule has 0 atom stereocenters. The van der Waals surface area contributed by atoms with Crippen LogP contribution >= 0.6 is 11.3 Å². The third-order valence-corrected chi connectivity index (χ3v) is 5.97. The summed E-state index contributed by atoms with van der Waals surface area (Å²) < 4.78 is 16.5. The number of nitrogens with zero attached hydrogens (tertiary/aromatic N) is 2. The number of rotatable bonds is 12. The Hall–Kier alpha value is -3.83. The first kappa shape index (κ1) is 25.8. The molecule has 1 aromatic heterocycles. The minimum atomic E-state index is -0.533. The molecule has 1 amide bonds. The molecule has 0 aliphatic rings. The Kier molecular flexibility index (Phi) is 9.69. The molecular weight excluding hydrogens is 462 g/mol. The number of benzene rings is 2. The molecule has 0 aliphatic heterocycles. The standard InChI is InChI=1S/C27H29N3O4S/c1-4-5-6-7-13-34-24-12-11-19(15-25(24)33-3)14-21(17-28)26(31)30-27-29-23(18-35-27)20-9-8-10-22(16-20)32-2/h8-12,14-16,18H,4-7,13H2,1-3H3,(H,29,30,31)/b21-14+. The van der Waals surface area contributed by atoms with Gasteiger partial charge in [0.2, 0.25) is 0 Å². The van der Waals surface area contributed by atoms with E-state index >= 15 is 0 Å². The van der Waals surface area contributed by atoms with Crippen molar-refractivity contribution in [3.63, 3.8) is 0 Å². The fraction of sp³-hybridized carbons (Fsp3) is 0.296. The molecule has 0 unspecified atom stereocenters. The lowest BCUT2D eigenvalue weighted by Crippen LogP contribution is -2.13. The maximum Gasteiger partial charge on any atom is 0.268 e. The lowest BCUT2D eigenvalue weighted by molar-refractivity contribution is -0.112. The summed E-state index contributed by atoms with van der Waals surface area (Å²) >= 11 is 1.28. The van der Waals surface area contributed by atoms with E-state index in [1.807, 2.05) is 35.7 Å². The highest BCUT2D eigenvalue weighted by atomic mass is 32.1. The Morgan fingerprint density at radius 2 is 1.97 bits per heavy atom. The molecule has 8 heteroatoms. The number of carbonyl (C=O) groups is 1. The van der Waals surface area contributed by atoms with E-state index in [9.17, 15) is 10.1 Å². The number of amides is 1. The van der Waals surface area contributed by atoms with Crippen LogP contribution < -0.4 is 19.5 Å². The van der Waals surface area contributed by atoms with E-state index in [0.717, 1.165) is 24.2 Å². The van der Waals surface area contributed by atoms with Gasteiger partial charge < -0.3 is 14.2 Å². The van der Waals surface area contributed by atoms with Crippen LogP contribution in [0.4, 0.5) is 5.13 Å². The van der Waals surface area contributed by atoms with E-state index in [2.05, 4.69) is 17.2 Å². The van der Waals surface area contributed by atoms with Gasteiger partial charge in [0.05, 0.1) is 26.5 Å². The van der Waals surface area contributed by atoms with Gasteiger partial charge in [0.1, 0.15) is 17.4 Å². The number of hydrogen-bond acceptors (Lipinski definition) is 7. The zero-order valence-electron chi connectivity index (χ0n) is 20.2. The summed E-state index contributed by atoms with van der Waals surface area (Å²) in [4.78, 5) is 17.2. The number of thiazole rings is 1. The van der Waals surface area contributed by atoms with Crippen molar-refractivity contribution in [3.8, 4) is 34.6 Å². The third-order valence-electron chi connectivity index (χ3n) is 5.21. The van der Waals surface area contributed by atoms with Crippen molar-refractivity contribution >= 4 is 28.5 Å². The largest absolute Gasteiger partial charge is 0.497 e. The van der Waals surface area contributed by atoms with E-state index in [1.54, 1.807) is 32.4 Å². The first-order chi connectivity index (χ1) is 17.1. The van der Waals surface area contributed by atoms with Crippen molar-refractivity contribution in [1.82, 2.24) is 4.98 Å². The number of unbranched alkanes of at least 4 members (excludes halogenated alkanes) is 3. The molecule has 35 heavy (non-hydrogen) atoms. The fourth-order valence-electron chi connectivity index (χ4n) is 3.33. The molecule has 0 spiro atoms. The van der Waals surface area contributed by atoms with Gasteiger partial charge >= 0.3 is 0 Å². The Bertz CT molecular complexity index is 1210. The van der Waals surface area contributed by atoms with Gasteiger partial charge in [0.15, 0.2) is 16.6 Å². The number of ether oxygens (including phenoxy) is 3. The van der Waals surface area contributed by atoms with Gasteiger partial charge in [0.25, 0.3) is 5.91 Å². The average Bonchev–Trinajstić information content (AvgIpc) is 3.36. The topological polar surface area (TPSA) is 93.5 Å². The van der Waals surface area contributed by atoms with Crippen LogP contribution in [-0.2, 0) is 4.79 Å². The van der Waals surface area contributed by atoms with Crippen molar-refractivity contribution < 1.29 is 19.0 Å². The van der Waals surface area contributed by atoms with Crippen molar-refractivity contribution in [3.05, 3.63) is 59.0 Å². The lowest BCUT2D eigenvalue weighted by atomic mass is 10.1. The molecule has 1 heterocycles. The fourth-order valence-corrected chi connectivity index (χ4v) is 4.04. The SMILES string of the molecule is CCCCCCOc1ccc(/C=C(\C#N)C(=O)Nc2nc(-c3cccc(OC)c3)cs2)cc1OC. The van der Waals surface area contributed by atoms with E-state index in [4.69, 9.17) is 14.2 Å². The minimum absolute atomic E-state index is 0.0431. The van der Waals surface area contributed by atoms with Crippen LogP contribution in [0.2, 0.25) is 0 Å². The summed E-state index contributed by atoms with van der Waals surface area (Å²) in [5, 5.41) is 14.5. The van der Waals surface area contributed by atoms with Crippen LogP contribution in [0.1, 0.15) is 38.2 Å². The van der Waals surface area contributed by atoms with Crippen molar-refractivity contribution in [2.24, 2.45) is 0 Å². The summed E-state index contributed by atoms with van der Waals surface area (Å²) in [6.45, 7) is 2.78. The van der Waals surface area contributed by atoms with Gasteiger partial charge in [0, 0.05) is 10.9 Å². The number of hydrogen-bond donors (Lipinski definition) is 1. The van der Waals surface area contributed by atoms with Crippen LogP contribution in [0.3, 0.4) is 0 Å². The van der Waals surface area contributed by atoms with Gasteiger partial charge in [-0.2, -0.15) is 5.26 Å². The van der Waals surface area contributed by atoms with Crippen LogP contribution in [0.5, 0.6) is 17.2 Å². The summed E-state index contributed by atoms with van der Waals surface area (Å²) in [5.41, 5.74) is 2.19. The van der Waals surface area contributed by atoms with Crippen molar-refractivity contribution in [1.29, 1.82) is 5.26 Å². The normalized spacial score (nSPS) is 11.0. The number of carbonyl (C=O) groups excluding carboxylic acids is 1. The number of nitrogens with one attached hydrogen (secondary N) is 1. The smallest absolute Gasteiger partial charge is 0.268 e. The maximum atomic E-state index is 12.7. The highest BCUT2D eigenvalue weighted by Crippen LogP contribution is 2.30. The van der Waals surface area contributed by atoms with Crippen molar-refractivity contribution in [2.75, 3.05) is 26.1 Å². The number of nitriles is 1. The lowest BCUT2D eigenvalue weighted by Gasteiger charge is -2.11. The van der Waals surface area contributed by atoms with Gasteiger partial charge in [-0.15, -0.1) is 11.3 Å². The quantitative estimate of drug-likeness (QED) is 0.181. The molecule has 0 radical (unpaired) electrons. The summed E-state index contributed by atoms with van der Waals surface area (Å²) in [7, 11) is 3.17. The molecule has 0 aliphatic carbocycles. The molecule has 2 aromatic carbocycles. The number of methoxy groups -OCH3 is 2. The molecule has 3 aromatic rings. The first-order valence-corrected chi connectivity index (χ1v) is 12.3. The van der Waals surface area contributed by atoms with Crippen molar-refractivity contribution in [2.45, 2.75) is 32.6 Å². The molecule has 3 rings (SSSR count). The minimum Gasteiger partial charge on any atom is -0.497 e. The second-order valence-electron chi connectivity index (χ2n) is 7.71. The Morgan fingerprint density at radius 3 is 2.71 bits per heavy atom. The Morgan fingerprint density at radius 1 is 1.11 bits per heavy atom. The molecular formula is C27H29N3O4S. The molecule has 1 N–H and O–H groups in total. The van der Waals surface area contributed by atoms with Crippen LogP contribution in [-0.4, -0.2) is 31.7 Å². The zero-order chi connectivity index (χ0) is 25.0. The van der Waals surface area contributed by atoms with E-state index in [0.29, 0.717) is 34.5 Å². The van der Waals surface area contributed by atoms with E-state index in [-0.39, 0.29) is 5.57 Å².